The highest BCUT2D eigenvalue weighted by Crippen LogP contribution is 2.20. The number of nitrogens with two attached hydrogens (primary N) is 1. The van der Waals surface area contributed by atoms with Crippen molar-refractivity contribution in [3.8, 4) is 5.75 Å². The summed E-state index contributed by atoms with van der Waals surface area (Å²) in [6.45, 7) is 6.62. The Morgan fingerprint density at radius 2 is 1.90 bits per heavy atom. The quantitative estimate of drug-likeness (QED) is 0.729. The van der Waals surface area contributed by atoms with Crippen LogP contribution in [0.2, 0.25) is 0 Å². The molecule has 4 nitrogen and oxygen atoms in total. The minimum Gasteiger partial charge on any atom is -0.484 e. The number of primary amides is 1. The second-order valence-electron chi connectivity index (χ2n) is 5.28. The lowest BCUT2D eigenvalue weighted by molar-refractivity contribution is -0.119. The van der Waals surface area contributed by atoms with Crippen LogP contribution in [0.5, 0.6) is 5.75 Å². The lowest BCUT2D eigenvalue weighted by Crippen LogP contribution is -2.21. The fourth-order valence-electron chi connectivity index (χ4n) is 2.02. The van der Waals surface area contributed by atoms with Crippen molar-refractivity contribution in [3.63, 3.8) is 0 Å². The molecule has 1 aromatic carbocycles. The van der Waals surface area contributed by atoms with E-state index in [0.29, 0.717) is 11.8 Å². The van der Waals surface area contributed by atoms with Gasteiger partial charge in [-0.3, -0.25) is 4.79 Å². The average Bonchev–Trinajstić information content (AvgIpc) is 2.45. The minimum absolute atomic E-state index is 0.0849. The van der Waals surface area contributed by atoms with Gasteiger partial charge < -0.3 is 15.8 Å². The number of benzene rings is 1. The third kappa shape index (κ3) is 5.95. The fraction of sp³-hybridized carbons (Fsp3) is 0.562. The topological polar surface area (TPSA) is 64.3 Å². The lowest BCUT2D eigenvalue weighted by Gasteiger charge is -2.21. The van der Waals surface area contributed by atoms with Crippen molar-refractivity contribution in [1.82, 2.24) is 0 Å². The summed E-state index contributed by atoms with van der Waals surface area (Å²) in [7, 11) is 0. The van der Waals surface area contributed by atoms with Crippen molar-refractivity contribution < 1.29 is 9.53 Å². The first kappa shape index (κ1) is 16.3. The summed E-state index contributed by atoms with van der Waals surface area (Å²) in [6.07, 6.45) is 3.48. The van der Waals surface area contributed by atoms with Crippen molar-refractivity contribution in [2.75, 3.05) is 11.9 Å². The Morgan fingerprint density at radius 3 is 2.40 bits per heavy atom. The first-order chi connectivity index (χ1) is 9.55. The summed E-state index contributed by atoms with van der Waals surface area (Å²) >= 11 is 0. The van der Waals surface area contributed by atoms with Gasteiger partial charge in [0.2, 0.25) is 0 Å². The van der Waals surface area contributed by atoms with Crippen LogP contribution in [0.1, 0.15) is 40.0 Å². The molecule has 1 amide bonds. The maximum Gasteiger partial charge on any atom is 0.255 e. The van der Waals surface area contributed by atoms with Crippen molar-refractivity contribution in [1.29, 1.82) is 0 Å². The molecule has 4 heteroatoms. The van der Waals surface area contributed by atoms with Crippen LogP contribution >= 0.6 is 0 Å². The van der Waals surface area contributed by atoms with E-state index < -0.39 is 5.91 Å². The Balaban J connectivity index is 2.52. The SMILES string of the molecule is CCC(C)CC(CC)Nc1ccc(OCC(N)=O)cc1. The number of hydrogen-bond acceptors (Lipinski definition) is 3. The van der Waals surface area contributed by atoms with Crippen molar-refractivity contribution >= 4 is 11.6 Å². The van der Waals surface area contributed by atoms with Crippen molar-refractivity contribution in [3.05, 3.63) is 24.3 Å². The predicted molar refractivity (Wildman–Crippen MR) is 82.9 cm³/mol. The summed E-state index contributed by atoms with van der Waals surface area (Å²) in [5, 5.41) is 3.54. The molecule has 0 saturated carbocycles. The highest BCUT2D eigenvalue weighted by atomic mass is 16.5. The van der Waals surface area contributed by atoms with E-state index in [1.807, 2.05) is 24.3 Å². The van der Waals surface area contributed by atoms with Gasteiger partial charge in [-0.25, -0.2) is 0 Å². The molecule has 0 bridgehead atoms. The molecule has 0 heterocycles. The number of carbonyl (C=O) groups is 1. The van der Waals surface area contributed by atoms with Crippen LogP contribution in [0.15, 0.2) is 24.3 Å². The van der Waals surface area contributed by atoms with Crippen LogP contribution in [0.3, 0.4) is 0 Å². The van der Waals surface area contributed by atoms with Crippen LogP contribution in [0.25, 0.3) is 0 Å². The van der Waals surface area contributed by atoms with E-state index in [2.05, 4.69) is 26.1 Å². The van der Waals surface area contributed by atoms with E-state index in [9.17, 15) is 4.79 Å². The lowest BCUT2D eigenvalue weighted by atomic mass is 9.97. The maximum atomic E-state index is 10.6. The molecule has 3 N–H and O–H groups in total. The monoisotopic (exact) mass is 278 g/mol. The standard InChI is InChI=1S/C16H26N2O2/c1-4-12(3)10-13(5-2)18-14-6-8-15(9-7-14)20-11-16(17)19/h6-9,12-13,18H,4-5,10-11H2,1-3H3,(H2,17,19). The summed E-state index contributed by atoms with van der Waals surface area (Å²) in [5.74, 6) is 0.918. The zero-order valence-electron chi connectivity index (χ0n) is 12.7. The van der Waals surface area contributed by atoms with E-state index in [4.69, 9.17) is 10.5 Å². The normalized spacial score (nSPS) is 13.6. The van der Waals surface area contributed by atoms with Gasteiger partial charge in [0.1, 0.15) is 5.75 Å². The number of anilines is 1. The first-order valence-electron chi connectivity index (χ1n) is 7.32. The van der Waals surface area contributed by atoms with E-state index in [1.165, 1.54) is 12.8 Å². The predicted octanol–water partition coefficient (Wildman–Crippen LogP) is 3.18. The molecule has 1 rings (SSSR count). The Hall–Kier alpha value is -1.71. The van der Waals surface area contributed by atoms with Gasteiger partial charge in [0, 0.05) is 11.7 Å². The van der Waals surface area contributed by atoms with Crippen LogP contribution in [0.4, 0.5) is 5.69 Å². The van der Waals surface area contributed by atoms with Crippen molar-refractivity contribution in [2.24, 2.45) is 11.7 Å². The smallest absolute Gasteiger partial charge is 0.255 e. The van der Waals surface area contributed by atoms with Gasteiger partial charge in [-0.15, -0.1) is 0 Å². The number of rotatable bonds is 9. The van der Waals surface area contributed by atoms with Gasteiger partial charge in [0.15, 0.2) is 6.61 Å². The number of amides is 1. The summed E-state index contributed by atoms with van der Waals surface area (Å²) in [4.78, 5) is 10.6. The van der Waals surface area contributed by atoms with Gasteiger partial charge in [0.25, 0.3) is 5.91 Å². The molecule has 20 heavy (non-hydrogen) atoms. The van der Waals surface area contributed by atoms with Crippen LogP contribution < -0.4 is 15.8 Å². The highest BCUT2D eigenvalue weighted by molar-refractivity contribution is 5.75. The number of hydrogen-bond donors (Lipinski definition) is 2. The largest absolute Gasteiger partial charge is 0.484 e. The maximum absolute atomic E-state index is 10.6. The minimum atomic E-state index is -0.466. The van der Waals surface area contributed by atoms with Gasteiger partial charge in [-0.2, -0.15) is 0 Å². The molecule has 2 unspecified atom stereocenters. The third-order valence-corrected chi connectivity index (χ3v) is 3.48. The Kier molecular flexibility index (Phi) is 6.91. The molecule has 0 aliphatic heterocycles. The molecule has 0 spiro atoms. The van der Waals surface area contributed by atoms with Crippen LogP contribution in [-0.2, 0) is 4.79 Å². The van der Waals surface area contributed by atoms with Gasteiger partial charge in [-0.1, -0.05) is 27.2 Å². The number of carbonyl (C=O) groups excluding carboxylic acids is 1. The van der Waals surface area contributed by atoms with Crippen LogP contribution in [0, 0.1) is 5.92 Å². The molecule has 0 radical (unpaired) electrons. The third-order valence-electron chi connectivity index (χ3n) is 3.48. The fourth-order valence-corrected chi connectivity index (χ4v) is 2.02. The zero-order chi connectivity index (χ0) is 15.0. The molecule has 0 aromatic heterocycles. The van der Waals surface area contributed by atoms with Gasteiger partial charge >= 0.3 is 0 Å². The molecule has 112 valence electrons. The average molecular weight is 278 g/mol. The van der Waals surface area contributed by atoms with E-state index in [0.717, 1.165) is 18.0 Å². The van der Waals surface area contributed by atoms with E-state index >= 15 is 0 Å². The number of ether oxygens (including phenoxy) is 1. The van der Waals surface area contributed by atoms with E-state index in [1.54, 1.807) is 0 Å². The Bertz CT molecular complexity index is 403. The second kappa shape index (κ2) is 8.46. The summed E-state index contributed by atoms with van der Waals surface area (Å²) in [6, 6.07) is 8.12. The van der Waals surface area contributed by atoms with E-state index in [-0.39, 0.29) is 6.61 Å². The van der Waals surface area contributed by atoms with Crippen molar-refractivity contribution in [2.45, 2.75) is 46.1 Å². The zero-order valence-corrected chi connectivity index (χ0v) is 12.7. The first-order valence-corrected chi connectivity index (χ1v) is 7.32. The second-order valence-corrected chi connectivity index (χ2v) is 5.28. The molecular formula is C16H26N2O2. The molecule has 0 aliphatic rings. The summed E-state index contributed by atoms with van der Waals surface area (Å²) < 4.78 is 5.23. The molecule has 0 aliphatic carbocycles. The molecule has 2 atom stereocenters. The molecule has 0 fully saturated rings. The molecule has 0 saturated heterocycles. The Morgan fingerprint density at radius 1 is 1.25 bits per heavy atom. The van der Waals surface area contributed by atoms with Gasteiger partial charge in [-0.05, 0) is 43.0 Å². The molecule has 1 aromatic rings. The number of nitrogens with one attached hydrogen (secondary N) is 1. The van der Waals surface area contributed by atoms with Gasteiger partial charge in [0.05, 0.1) is 0 Å². The summed E-state index contributed by atoms with van der Waals surface area (Å²) in [5.41, 5.74) is 6.11. The van der Waals surface area contributed by atoms with Crippen LogP contribution in [-0.4, -0.2) is 18.6 Å². The molecular weight excluding hydrogens is 252 g/mol. The Labute approximate surface area is 121 Å². The highest BCUT2D eigenvalue weighted by Gasteiger charge is 2.10.